The van der Waals surface area contributed by atoms with E-state index in [1.807, 2.05) is 13.0 Å². The number of nitrogens with one attached hydrogen (secondary N) is 3. The normalized spacial score (nSPS) is 10.7. The molecule has 0 bridgehead atoms. The van der Waals surface area contributed by atoms with Crippen molar-refractivity contribution in [3.8, 4) is 11.5 Å². The van der Waals surface area contributed by atoms with E-state index in [0.29, 0.717) is 16.8 Å². The number of benzene rings is 1. The third-order valence-corrected chi connectivity index (χ3v) is 4.68. The molecule has 3 heterocycles. The van der Waals surface area contributed by atoms with Crippen LogP contribution in [-0.4, -0.2) is 39.0 Å². The van der Waals surface area contributed by atoms with Gasteiger partial charge in [0.25, 0.3) is 11.8 Å². The topological polar surface area (TPSA) is 122 Å². The Kier molecular flexibility index (Phi) is 5.75. The zero-order chi connectivity index (χ0) is 22.7. The van der Waals surface area contributed by atoms with E-state index in [1.54, 1.807) is 12.1 Å². The van der Waals surface area contributed by atoms with E-state index in [1.165, 1.54) is 31.4 Å². The number of rotatable bonds is 6. The van der Waals surface area contributed by atoms with Crippen molar-refractivity contribution < 1.29 is 18.7 Å². The molecule has 162 valence electrons. The van der Waals surface area contributed by atoms with Gasteiger partial charge in [-0.05, 0) is 36.8 Å². The van der Waals surface area contributed by atoms with Crippen molar-refractivity contribution in [2.75, 3.05) is 12.4 Å². The molecule has 0 aliphatic carbocycles. The molecule has 1 aromatic carbocycles. The minimum atomic E-state index is -0.688. The number of H-pyrrole nitrogens is 1. The van der Waals surface area contributed by atoms with Gasteiger partial charge in [-0.25, -0.2) is 9.37 Å². The van der Waals surface area contributed by atoms with Crippen molar-refractivity contribution in [3.05, 3.63) is 71.6 Å². The number of carbonyl (C=O) groups is 2. The van der Waals surface area contributed by atoms with Crippen LogP contribution in [0.4, 0.5) is 10.1 Å². The largest absolute Gasteiger partial charge is 0.457 e. The number of halogens is 1. The SMILES string of the molecule is CCc1ccc2c(C(=O)Nc3ccc(Oc4ccnc(C(=O)NC)c4)cc3F)[nH]nc2n1. The quantitative estimate of drug-likeness (QED) is 0.427. The number of hydrogen-bond donors (Lipinski definition) is 3. The molecule has 32 heavy (non-hydrogen) atoms. The van der Waals surface area contributed by atoms with Crippen LogP contribution in [0.2, 0.25) is 0 Å². The first kappa shape index (κ1) is 20.9. The number of pyridine rings is 2. The lowest BCUT2D eigenvalue weighted by Crippen LogP contribution is -2.18. The number of anilines is 1. The Labute approximate surface area is 182 Å². The van der Waals surface area contributed by atoms with Crippen LogP contribution in [-0.2, 0) is 6.42 Å². The Hall–Kier alpha value is -4.34. The summed E-state index contributed by atoms with van der Waals surface area (Å²) in [5.41, 5.74) is 1.61. The number of nitrogens with zero attached hydrogens (tertiary/aromatic N) is 3. The molecular formula is C22H19FN6O3. The molecule has 3 N–H and O–H groups in total. The third-order valence-electron chi connectivity index (χ3n) is 4.68. The Morgan fingerprint density at radius 2 is 1.91 bits per heavy atom. The molecule has 2 amide bonds. The molecule has 4 aromatic rings. The molecule has 3 aromatic heterocycles. The maximum atomic E-state index is 14.6. The Morgan fingerprint density at radius 3 is 2.66 bits per heavy atom. The molecule has 10 heteroatoms. The fourth-order valence-corrected chi connectivity index (χ4v) is 3.02. The number of ether oxygens (including phenoxy) is 1. The summed E-state index contributed by atoms with van der Waals surface area (Å²) in [4.78, 5) is 32.6. The van der Waals surface area contributed by atoms with Gasteiger partial charge in [-0.15, -0.1) is 0 Å². The predicted octanol–water partition coefficient (Wildman–Crippen LogP) is 3.46. The summed E-state index contributed by atoms with van der Waals surface area (Å²) in [6, 6.07) is 10.6. The lowest BCUT2D eigenvalue weighted by atomic mass is 10.2. The molecular weight excluding hydrogens is 415 g/mol. The van der Waals surface area contributed by atoms with E-state index >= 15 is 0 Å². The van der Waals surface area contributed by atoms with E-state index in [-0.39, 0.29) is 28.7 Å². The highest BCUT2D eigenvalue weighted by atomic mass is 19.1. The van der Waals surface area contributed by atoms with Crippen LogP contribution in [0.3, 0.4) is 0 Å². The number of aromatic amines is 1. The van der Waals surface area contributed by atoms with E-state index in [2.05, 4.69) is 30.8 Å². The summed E-state index contributed by atoms with van der Waals surface area (Å²) in [5.74, 6) is -1.09. The maximum Gasteiger partial charge on any atom is 0.274 e. The summed E-state index contributed by atoms with van der Waals surface area (Å²) in [6.45, 7) is 1.97. The number of carbonyl (C=O) groups excluding carboxylic acids is 2. The molecule has 0 saturated carbocycles. The van der Waals surface area contributed by atoms with E-state index in [4.69, 9.17) is 4.74 Å². The summed E-state index contributed by atoms with van der Waals surface area (Å²) in [5, 5.41) is 12.2. The molecule has 0 saturated heterocycles. The number of hydrogen-bond acceptors (Lipinski definition) is 6. The zero-order valence-electron chi connectivity index (χ0n) is 17.3. The van der Waals surface area contributed by atoms with Gasteiger partial charge in [0.1, 0.15) is 28.7 Å². The van der Waals surface area contributed by atoms with Crippen LogP contribution in [0.1, 0.15) is 33.6 Å². The molecule has 0 fully saturated rings. The Bertz CT molecular complexity index is 1320. The van der Waals surface area contributed by atoms with E-state index < -0.39 is 11.7 Å². The molecule has 0 atom stereocenters. The van der Waals surface area contributed by atoms with Crippen molar-refractivity contribution in [2.45, 2.75) is 13.3 Å². The van der Waals surface area contributed by atoms with Gasteiger partial charge in [0.05, 0.1) is 11.1 Å². The molecule has 0 aliphatic rings. The Morgan fingerprint density at radius 1 is 1.09 bits per heavy atom. The van der Waals surface area contributed by atoms with Gasteiger partial charge in [-0.1, -0.05) is 6.92 Å². The average Bonchev–Trinajstić information content (AvgIpc) is 3.23. The summed E-state index contributed by atoms with van der Waals surface area (Å²) < 4.78 is 20.2. The monoisotopic (exact) mass is 434 g/mol. The van der Waals surface area contributed by atoms with Crippen molar-refractivity contribution in [3.63, 3.8) is 0 Å². The van der Waals surface area contributed by atoms with Crippen LogP contribution in [0, 0.1) is 5.82 Å². The standard InChI is InChI=1S/C22H19FN6O3/c1-3-12-4-6-15-19(28-29-20(15)26-12)22(31)27-17-7-5-13(10-16(17)23)32-14-8-9-25-18(11-14)21(30)24-2/h4-11H,3H2,1-2H3,(H,24,30)(H,27,31)(H,26,28,29). The second kappa shape index (κ2) is 8.80. The first-order chi connectivity index (χ1) is 15.5. The summed E-state index contributed by atoms with van der Waals surface area (Å²) >= 11 is 0. The second-order valence-electron chi connectivity index (χ2n) is 6.78. The fourth-order valence-electron chi connectivity index (χ4n) is 3.02. The van der Waals surface area contributed by atoms with Crippen LogP contribution < -0.4 is 15.4 Å². The maximum absolute atomic E-state index is 14.6. The highest BCUT2D eigenvalue weighted by molar-refractivity contribution is 6.10. The third kappa shape index (κ3) is 4.24. The van der Waals surface area contributed by atoms with Gasteiger partial charge in [0.2, 0.25) is 0 Å². The number of fused-ring (bicyclic) bond motifs is 1. The molecule has 4 rings (SSSR count). The van der Waals surface area contributed by atoms with Gasteiger partial charge in [0, 0.05) is 31.1 Å². The van der Waals surface area contributed by atoms with Crippen LogP contribution in [0.25, 0.3) is 11.0 Å². The molecule has 0 spiro atoms. The first-order valence-electron chi connectivity index (χ1n) is 9.79. The molecule has 0 unspecified atom stereocenters. The highest BCUT2D eigenvalue weighted by Gasteiger charge is 2.17. The highest BCUT2D eigenvalue weighted by Crippen LogP contribution is 2.26. The van der Waals surface area contributed by atoms with Gasteiger partial charge in [-0.2, -0.15) is 5.10 Å². The van der Waals surface area contributed by atoms with Gasteiger partial charge < -0.3 is 15.4 Å². The summed E-state index contributed by atoms with van der Waals surface area (Å²) in [6.07, 6.45) is 2.16. The van der Waals surface area contributed by atoms with Crippen molar-refractivity contribution in [1.29, 1.82) is 0 Å². The second-order valence-corrected chi connectivity index (χ2v) is 6.78. The lowest BCUT2D eigenvalue weighted by Gasteiger charge is -2.10. The van der Waals surface area contributed by atoms with Crippen LogP contribution >= 0.6 is 0 Å². The zero-order valence-corrected chi connectivity index (χ0v) is 17.3. The van der Waals surface area contributed by atoms with Crippen LogP contribution in [0.15, 0.2) is 48.7 Å². The van der Waals surface area contributed by atoms with Gasteiger partial charge >= 0.3 is 0 Å². The Balaban J connectivity index is 1.50. The average molecular weight is 434 g/mol. The van der Waals surface area contributed by atoms with Crippen molar-refractivity contribution >= 4 is 28.5 Å². The van der Waals surface area contributed by atoms with E-state index in [0.717, 1.165) is 18.2 Å². The van der Waals surface area contributed by atoms with Crippen LogP contribution in [0.5, 0.6) is 11.5 Å². The van der Waals surface area contributed by atoms with Crippen molar-refractivity contribution in [2.24, 2.45) is 0 Å². The molecule has 0 aliphatic heterocycles. The smallest absolute Gasteiger partial charge is 0.274 e. The number of aromatic nitrogens is 4. The number of aryl methyl sites for hydroxylation is 1. The van der Waals surface area contributed by atoms with E-state index in [9.17, 15) is 14.0 Å². The minimum absolute atomic E-state index is 0.0241. The molecule has 9 nitrogen and oxygen atoms in total. The van der Waals surface area contributed by atoms with Crippen molar-refractivity contribution in [1.82, 2.24) is 25.5 Å². The summed E-state index contributed by atoms with van der Waals surface area (Å²) in [7, 11) is 1.49. The number of amides is 2. The minimum Gasteiger partial charge on any atom is -0.457 e. The molecule has 0 radical (unpaired) electrons. The fraction of sp³-hybridized carbons (Fsp3) is 0.136. The predicted molar refractivity (Wildman–Crippen MR) is 115 cm³/mol. The van der Waals surface area contributed by atoms with Gasteiger partial charge in [-0.3, -0.25) is 19.7 Å². The first-order valence-corrected chi connectivity index (χ1v) is 9.79. The lowest BCUT2D eigenvalue weighted by molar-refractivity contribution is 0.0957. The van der Waals surface area contributed by atoms with Gasteiger partial charge in [0.15, 0.2) is 5.65 Å².